The average molecular weight is 268 g/mol. The summed E-state index contributed by atoms with van der Waals surface area (Å²) in [6, 6.07) is 7.32. The largest absolute Gasteiger partial charge is 0.284 e. The molecule has 0 bridgehead atoms. The number of nitrogens with zero attached hydrogens (tertiary/aromatic N) is 2. The maximum absolute atomic E-state index is 9.23. The van der Waals surface area contributed by atoms with Crippen LogP contribution in [0.3, 0.4) is 0 Å². The monoisotopic (exact) mass is 267 g/mol. The minimum atomic E-state index is 0.409. The molecule has 1 aliphatic rings. The van der Waals surface area contributed by atoms with Gasteiger partial charge in [-0.05, 0) is 18.2 Å². The van der Waals surface area contributed by atoms with Gasteiger partial charge in [-0.1, -0.05) is 36.0 Å². The Bertz CT molecular complexity index is 501. The second-order valence-electron chi connectivity index (χ2n) is 3.43. The van der Waals surface area contributed by atoms with Gasteiger partial charge in [-0.2, -0.15) is 5.10 Å². The highest BCUT2D eigenvalue weighted by Crippen LogP contribution is 2.20. The first kappa shape index (κ1) is 12.0. The number of anilines is 1. The molecule has 0 saturated carbocycles. The fraction of sp³-hybridized carbons (Fsp3) is 0.0909. The van der Waals surface area contributed by atoms with Gasteiger partial charge >= 0.3 is 0 Å². The summed E-state index contributed by atoms with van der Waals surface area (Å²) >= 11 is 10.9. The van der Waals surface area contributed by atoms with Crippen LogP contribution in [0.4, 0.5) is 5.69 Å². The number of benzene rings is 1. The van der Waals surface area contributed by atoms with Crippen molar-refractivity contribution in [2.45, 2.75) is 6.42 Å². The predicted molar refractivity (Wildman–Crippen MR) is 72.5 cm³/mol. The molecule has 1 aromatic carbocycles. The molecule has 1 aromatic rings. The van der Waals surface area contributed by atoms with E-state index in [0.29, 0.717) is 16.4 Å². The summed E-state index contributed by atoms with van der Waals surface area (Å²) in [5.74, 6) is 0. The molecule has 0 unspecified atom stereocenters. The number of hydroxylamine groups is 2. The maximum atomic E-state index is 9.23. The van der Waals surface area contributed by atoms with Crippen LogP contribution in [-0.2, 0) is 0 Å². The normalized spacial score (nSPS) is 17.6. The maximum Gasteiger partial charge on any atom is 0.114 e. The van der Waals surface area contributed by atoms with E-state index in [1.54, 1.807) is 12.1 Å². The molecule has 0 radical (unpaired) electrons. The highest BCUT2D eigenvalue weighted by Gasteiger charge is 2.12. The molecular formula is C11H10ClN3OS. The molecule has 0 spiro atoms. The first-order chi connectivity index (χ1) is 8.16. The number of hydrogen-bond donors (Lipinski definition) is 2. The van der Waals surface area contributed by atoms with Gasteiger partial charge in [0.2, 0.25) is 0 Å². The number of allylic oxidation sites excluding steroid dienone is 1. The summed E-state index contributed by atoms with van der Waals surface area (Å²) in [5, 5.41) is 14.9. The Labute approximate surface area is 109 Å². The highest BCUT2D eigenvalue weighted by atomic mass is 35.5. The van der Waals surface area contributed by atoms with Gasteiger partial charge in [0.25, 0.3) is 0 Å². The molecule has 0 fully saturated rings. The topological polar surface area (TPSA) is 47.9 Å². The van der Waals surface area contributed by atoms with Gasteiger partial charge in [0.15, 0.2) is 0 Å². The van der Waals surface area contributed by atoms with Gasteiger partial charge in [0, 0.05) is 12.6 Å². The van der Waals surface area contributed by atoms with E-state index in [4.69, 9.17) is 23.8 Å². The molecule has 1 heterocycles. The van der Waals surface area contributed by atoms with Crippen LogP contribution in [0, 0.1) is 0 Å². The molecule has 88 valence electrons. The van der Waals surface area contributed by atoms with Gasteiger partial charge < -0.3 is 0 Å². The summed E-state index contributed by atoms with van der Waals surface area (Å²) < 4.78 is 0. The van der Waals surface area contributed by atoms with Crippen LogP contribution in [0.2, 0.25) is 5.02 Å². The molecule has 0 atom stereocenters. The molecule has 17 heavy (non-hydrogen) atoms. The molecule has 6 heteroatoms. The highest BCUT2D eigenvalue weighted by molar-refractivity contribution is 7.80. The van der Waals surface area contributed by atoms with Gasteiger partial charge in [-0.15, -0.1) is 0 Å². The number of hydrazone groups is 1. The van der Waals surface area contributed by atoms with E-state index in [-0.39, 0.29) is 0 Å². The Hall–Kier alpha value is -1.43. The van der Waals surface area contributed by atoms with E-state index in [0.717, 1.165) is 16.5 Å². The summed E-state index contributed by atoms with van der Waals surface area (Å²) in [6.07, 6.45) is 3.55. The van der Waals surface area contributed by atoms with Gasteiger partial charge in [0.05, 0.1) is 16.4 Å². The lowest BCUT2D eigenvalue weighted by Crippen LogP contribution is -2.26. The zero-order valence-electron chi connectivity index (χ0n) is 8.80. The Balaban J connectivity index is 2.10. The molecule has 0 aromatic heterocycles. The number of nitrogens with one attached hydrogen (secondary N) is 1. The molecule has 4 nitrogen and oxygen atoms in total. The lowest BCUT2D eigenvalue weighted by atomic mass is 10.2. The van der Waals surface area contributed by atoms with Gasteiger partial charge in [-0.25, -0.2) is 5.06 Å². The molecule has 0 aliphatic carbocycles. The fourth-order valence-corrected chi connectivity index (χ4v) is 1.68. The lowest BCUT2D eigenvalue weighted by molar-refractivity contribution is 0.0385. The molecule has 1 aliphatic heterocycles. The van der Waals surface area contributed by atoms with Crippen LogP contribution in [0.1, 0.15) is 6.42 Å². The standard InChI is InChI=1S/C11H10ClN3OS/c12-9-3-1-2-4-10(9)14-13-8-5-6-15(16)11(17)7-8/h1-6,14,16H,7H2. The van der Waals surface area contributed by atoms with Crippen LogP contribution in [0.25, 0.3) is 0 Å². The summed E-state index contributed by atoms with van der Waals surface area (Å²) in [7, 11) is 0. The zero-order chi connectivity index (χ0) is 12.3. The van der Waals surface area contributed by atoms with Crippen LogP contribution in [0.5, 0.6) is 0 Å². The minimum absolute atomic E-state index is 0.409. The third-order valence-corrected chi connectivity index (χ3v) is 2.85. The number of rotatable bonds is 2. The van der Waals surface area contributed by atoms with Crippen molar-refractivity contribution in [1.29, 1.82) is 0 Å². The molecule has 0 amide bonds. The minimum Gasteiger partial charge on any atom is -0.284 e. The van der Waals surface area contributed by atoms with Crippen molar-refractivity contribution in [2.75, 3.05) is 5.43 Å². The number of thiocarbonyl (C=S) groups is 1. The molecular weight excluding hydrogens is 258 g/mol. The first-order valence-electron chi connectivity index (χ1n) is 4.93. The van der Waals surface area contributed by atoms with E-state index in [1.165, 1.54) is 6.20 Å². The third-order valence-electron chi connectivity index (χ3n) is 2.19. The van der Waals surface area contributed by atoms with E-state index < -0.39 is 0 Å². The summed E-state index contributed by atoms with van der Waals surface area (Å²) in [4.78, 5) is 0.409. The lowest BCUT2D eigenvalue weighted by Gasteiger charge is -2.17. The fourth-order valence-electron chi connectivity index (χ4n) is 1.30. The van der Waals surface area contributed by atoms with Crippen molar-refractivity contribution in [3.8, 4) is 0 Å². The van der Waals surface area contributed by atoms with Crippen molar-refractivity contribution < 1.29 is 5.21 Å². The Morgan fingerprint density at radius 2 is 2.18 bits per heavy atom. The number of hydrogen-bond acceptors (Lipinski definition) is 4. The van der Waals surface area contributed by atoms with Gasteiger partial charge in [-0.3, -0.25) is 10.6 Å². The SMILES string of the molecule is ON1C=CC(=NNc2ccccc2Cl)CC1=S. The zero-order valence-corrected chi connectivity index (χ0v) is 10.4. The number of halogens is 1. The van der Waals surface area contributed by atoms with Crippen molar-refractivity contribution >= 4 is 40.2 Å². The van der Waals surface area contributed by atoms with E-state index in [9.17, 15) is 5.21 Å². The van der Waals surface area contributed by atoms with Crippen molar-refractivity contribution in [3.05, 3.63) is 41.6 Å². The van der Waals surface area contributed by atoms with Crippen LogP contribution < -0.4 is 5.43 Å². The molecule has 0 saturated heterocycles. The molecule has 2 rings (SSSR count). The number of para-hydroxylation sites is 1. The van der Waals surface area contributed by atoms with Crippen molar-refractivity contribution in [2.24, 2.45) is 5.10 Å². The van der Waals surface area contributed by atoms with E-state index in [1.807, 2.05) is 18.2 Å². The Morgan fingerprint density at radius 3 is 2.88 bits per heavy atom. The first-order valence-corrected chi connectivity index (χ1v) is 5.71. The summed E-state index contributed by atoms with van der Waals surface area (Å²) in [5.41, 5.74) is 4.33. The summed E-state index contributed by atoms with van der Waals surface area (Å²) in [6.45, 7) is 0. The van der Waals surface area contributed by atoms with Crippen LogP contribution >= 0.6 is 23.8 Å². The second kappa shape index (κ2) is 5.27. The van der Waals surface area contributed by atoms with E-state index >= 15 is 0 Å². The van der Waals surface area contributed by atoms with Crippen LogP contribution in [-0.4, -0.2) is 21.0 Å². The second-order valence-corrected chi connectivity index (χ2v) is 4.30. The predicted octanol–water partition coefficient (Wildman–Crippen LogP) is 3.04. The smallest absolute Gasteiger partial charge is 0.114 e. The average Bonchev–Trinajstić information content (AvgIpc) is 2.32. The van der Waals surface area contributed by atoms with Crippen molar-refractivity contribution in [1.82, 2.24) is 5.06 Å². The van der Waals surface area contributed by atoms with Gasteiger partial charge in [0.1, 0.15) is 4.99 Å². The molecule has 2 N–H and O–H groups in total. The van der Waals surface area contributed by atoms with Crippen LogP contribution in [0.15, 0.2) is 41.6 Å². The quantitative estimate of drug-likeness (QED) is 0.639. The Kier molecular flexibility index (Phi) is 3.73. The van der Waals surface area contributed by atoms with Crippen molar-refractivity contribution in [3.63, 3.8) is 0 Å². The van der Waals surface area contributed by atoms with E-state index in [2.05, 4.69) is 10.5 Å². The third kappa shape index (κ3) is 3.03. The Morgan fingerprint density at radius 1 is 1.41 bits per heavy atom.